The molecule has 0 radical (unpaired) electrons. The van der Waals surface area contributed by atoms with Crippen LogP contribution in [0.3, 0.4) is 0 Å². The molecule has 0 saturated carbocycles. The lowest BCUT2D eigenvalue weighted by molar-refractivity contribution is -0.123. The Morgan fingerprint density at radius 2 is 2.18 bits per heavy atom. The van der Waals surface area contributed by atoms with Crippen LogP contribution in [0.5, 0.6) is 5.75 Å². The van der Waals surface area contributed by atoms with Gasteiger partial charge in [-0.05, 0) is 23.3 Å². The average molecular weight is 390 g/mol. The van der Waals surface area contributed by atoms with Gasteiger partial charge in [0.25, 0.3) is 6.47 Å². The zero-order valence-corrected chi connectivity index (χ0v) is 15.8. The highest BCUT2D eigenvalue weighted by Gasteiger charge is 2.29. The van der Waals surface area contributed by atoms with Crippen LogP contribution in [0.2, 0.25) is 0 Å². The van der Waals surface area contributed by atoms with E-state index in [2.05, 4.69) is 15.7 Å². The number of methoxy groups -OCH3 is 2. The minimum absolute atomic E-state index is 0.0646. The first-order valence-corrected chi connectivity index (χ1v) is 8.30. The van der Waals surface area contributed by atoms with Gasteiger partial charge in [-0.3, -0.25) is 19.1 Å². The molecule has 0 aliphatic carbocycles. The van der Waals surface area contributed by atoms with Crippen LogP contribution in [0.15, 0.2) is 24.5 Å². The summed E-state index contributed by atoms with van der Waals surface area (Å²) in [5, 5.41) is 16.7. The number of amides is 2. The van der Waals surface area contributed by atoms with E-state index in [0.29, 0.717) is 23.5 Å². The third-order valence-electron chi connectivity index (χ3n) is 4.09. The first-order valence-electron chi connectivity index (χ1n) is 8.30. The molecule has 1 aromatic carbocycles. The van der Waals surface area contributed by atoms with E-state index >= 15 is 0 Å². The van der Waals surface area contributed by atoms with Gasteiger partial charge in [0.05, 0.1) is 19.0 Å². The van der Waals surface area contributed by atoms with Gasteiger partial charge in [0, 0.05) is 38.4 Å². The predicted molar refractivity (Wildman–Crippen MR) is 100 cm³/mol. The van der Waals surface area contributed by atoms with E-state index in [0.717, 1.165) is 11.1 Å². The molecule has 150 valence electrons. The quantitative estimate of drug-likeness (QED) is 0.653. The third-order valence-corrected chi connectivity index (χ3v) is 4.09. The molecular formula is C18H22N4O6. The van der Waals surface area contributed by atoms with E-state index in [1.54, 1.807) is 16.9 Å². The molecule has 1 aliphatic rings. The van der Waals surface area contributed by atoms with Crippen molar-refractivity contribution in [2.24, 2.45) is 7.05 Å². The Kier molecular flexibility index (Phi) is 7.10. The van der Waals surface area contributed by atoms with E-state index < -0.39 is 0 Å². The summed E-state index contributed by atoms with van der Waals surface area (Å²) in [6.45, 7) is -0.315. The molecule has 3 N–H and O–H groups in total. The average Bonchev–Trinajstić information content (AvgIpc) is 3.07. The van der Waals surface area contributed by atoms with E-state index in [9.17, 15) is 9.59 Å². The topological polar surface area (TPSA) is 132 Å². The van der Waals surface area contributed by atoms with Gasteiger partial charge in [0.2, 0.25) is 11.8 Å². The molecule has 1 atom stereocenters. The third kappa shape index (κ3) is 4.86. The number of hydrogen-bond donors (Lipinski definition) is 3. The normalized spacial score (nSPS) is 14.8. The van der Waals surface area contributed by atoms with Crippen LogP contribution in [-0.4, -0.2) is 54.0 Å². The number of aryl methyl sites for hydroxylation is 1. The number of benzene rings is 1. The molecule has 1 unspecified atom stereocenters. The second-order valence-electron chi connectivity index (χ2n) is 5.98. The molecular weight excluding hydrogens is 368 g/mol. The van der Waals surface area contributed by atoms with Crippen LogP contribution in [0.1, 0.15) is 23.5 Å². The van der Waals surface area contributed by atoms with Crippen molar-refractivity contribution in [3.63, 3.8) is 0 Å². The zero-order chi connectivity index (χ0) is 20.7. The van der Waals surface area contributed by atoms with Gasteiger partial charge >= 0.3 is 0 Å². The summed E-state index contributed by atoms with van der Waals surface area (Å²) in [5.74, 6) is 0.0238. The Morgan fingerprint density at radius 1 is 1.46 bits per heavy atom. The fraction of sp³-hybridized carbons (Fsp3) is 0.333. The summed E-state index contributed by atoms with van der Waals surface area (Å²) in [6.07, 6.45) is 3.98. The number of nitrogens with one attached hydrogen (secondary N) is 2. The van der Waals surface area contributed by atoms with Crippen molar-refractivity contribution < 1.29 is 29.0 Å². The van der Waals surface area contributed by atoms with Crippen molar-refractivity contribution in [3.8, 4) is 5.75 Å². The fourth-order valence-electron chi connectivity index (χ4n) is 2.99. The lowest BCUT2D eigenvalue weighted by Gasteiger charge is -2.26. The highest BCUT2D eigenvalue weighted by atomic mass is 16.5. The molecule has 2 amide bonds. The molecule has 3 rings (SSSR count). The number of rotatable bonds is 5. The van der Waals surface area contributed by atoms with E-state index in [4.69, 9.17) is 19.4 Å². The smallest absolute Gasteiger partial charge is 0.290 e. The lowest BCUT2D eigenvalue weighted by atomic mass is 9.86. The summed E-state index contributed by atoms with van der Waals surface area (Å²) in [6, 6.07) is 3.55. The first kappa shape index (κ1) is 20.9. The monoisotopic (exact) mass is 390 g/mol. The molecule has 0 saturated heterocycles. The van der Waals surface area contributed by atoms with Crippen molar-refractivity contribution >= 4 is 29.7 Å². The van der Waals surface area contributed by atoms with Crippen molar-refractivity contribution in [2.45, 2.75) is 12.3 Å². The number of carbonyl (C=O) groups excluding carboxylic acids is 2. The number of hydrogen-bond acceptors (Lipinski definition) is 6. The molecule has 1 aromatic heterocycles. The Bertz CT molecular complexity index is 864. The number of ether oxygens (including phenoxy) is 2. The molecule has 2 heterocycles. The van der Waals surface area contributed by atoms with E-state index in [1.807, 2.05) is 19.3 Å². The van der Waals surface area contributed by atoms with Gasteiger partial charge in [-0.2, -0.15) is 5.10 Å². The van der Waals surface area contributed by atoms with Crippen LogP contribution >= 0.6 is 0 Å². The number of carbonyl (C=O) groups is 3. The number of carboxylic acid groups (broad SMARTS) is 1. The molecule has 0 bridgehead atoms. The summed E-state index contributed by atoms with van der Waals surface area (Å²) in [7, 11) is 4.82. The van der Waals surface area contributed by atoms with Gasteiger partial charge in [-0.25, -0.2) is 0 Å². The number of anilines is 2. The Hall–Kier alpha value is -3.40. The molecule has 28 heavy (non-hydrogen) atoms. The second kappa shape index (κ2) is 9.51. The number of nitrogens with zero attached hydrogens (tertiary/aromatic N) is 2. The molecule has 1 aliphatic heterocycles. The van der Waals surface area contributed by atoms with Crippen molar-refractivity contribution in [1.29, 1.82) is 0 Å². The Morgan fingerprint density at radius 3 is 2.75 bits per heavy atom. The van der Waals surface area contributed by atoms with Crippen LogP contribution in [-0.2, 0) is 26.2 Å². The molecule has 10 nitrogen and oxygen atoms in total. The maximum absolute atomic E-state index is 12.1. The number of fused-ring (bicyclic) bond motifs is 1. The van der Waals surface area contributed by atoms with Crippen molar-refractivity contribution in [2.75, 3.05) is 31.5 Å². The van der Waals surface area contributed by atoms with Gasteiger partial charge in [-0.15, -0.1) is 0 Å². The summed E-state index contributed by atoms with van der Waals surface area (Å²) < 4.78 is 11.9. The van der Waals surface area contributed by atoms with E-state index in [-0.39, 0.29) is 30.8 Å². The van der Waals surface area contributed by atoms with Crippen LogP contribution in [0, 0.1) is 0 Å². The Balaban J connectivity index is 0.000000878. The van der Waals surface area contributed by atoms with Gasteiger partial charge < -0.3 is 25.2 Å². The predicted octanol–water partition coefficient (Wildman–Crippen LogP) is 1.19. The van der Waals surface area contributed by atoms with Crippen molar-refractivity contribution in [1.82, 2.24) is 9.78 Å². The van der Waals surface area contributed by atoms with Gasteiger partial charge in [0.1, 0.15) is 12.4 Å². The Labute approximate surface area is 161 Å². The first-order chi connectivity index (χ1) is 13.4. The van der Waals surface area contributed by atoms with Crippen LogP contribution in [0.4, 0.5) is 11.4 Å². The summed E-state index contributed by atoms with van der Waals surface area (Å²) in [5.41, 5.74) is 3.01. The van der Waals surface area contributed by atoms with E-state index in [1.165, 1.54) is 14.2 Å². The molecule has 0 spiro atoms. The standard InChI is InChI=1S/C17H20N4O4.CH2O2/c1-21-8-10(7-18-21)11-5-16(22)19-13-6-14(20-17(23)9-24-2)15(25-3)4-12(11)13;2-1-3/h4,6-8,11H,5,9H2,1-3H3,(H,19,22)(H,20,23);1H,(H,2,3). The van der Waals surface area contributed by atoms with Gasteiger partial charge in [0.15, 0.2) is 0 Å². The van der Waals surface area contributed by atoms with Gasteiger partial charge in [-0.1, -0.05) is 0 Å². The summed E-state index contributed by atoms with van der Waals surface area (Å²) >= 11 is 0. The largest absolute Gasteiger partial charge is 0.495 e. The maximum atomic E-state index is 12.1. The minimum Gasteiger partial charge on any atom is -0.495 e. The van der Waals surface area contributed by atoms with Crippen LogP contribution in [0.25, 0.3) is 0 Å². The summed E-state index contributed by atoms with van der Waals surface area (Å²) in [4.78, 5) is 32.3. The lowest BCUT2D eigenvalue weighted by Crippen LogP contribution is -2.24. The minimum atomic E-state index is -0.299. The molecule has 2 aromatic rings. The molecule has 0 fully saturated rings. The highest BCUT2D eigenvalue weighted by molar-refractivity contribution is 5.99. The zero-order valence-electron chi connectivity index (χ0n) is 15.8. The highest BCUT2D eigenvalue weighted by Crippen LogP contribution is 2.42. The number of aromatic nitrogens is 2. The molecule has 10 heteroatoms. The fourth-order valence-corrected chi connectivity index (χ4v) is 2.99. The maximum Gasteiger partial charge on any atom is 0.290 e. The second-order valence-corrected chi connectivity index (χ2v) is 5.98. The SMILES string of the molecule is COCC(=O)Nc1cc2c(cc1OC)C(c1cnn(C)c1)CC(=O)N2.O=CO. The van der Waals surface area contributed by atoms with Crippen molar-refractivity contribution in [3.05, 3.63) is 35.7 Å². The van der Waals surface area contributed by atoms with Crippen LogP contribution < -0.4 is 15.4 Å².